The number of carbonyl (C=O) groups is 1. The van der Waals surface area contributed by atoms with Crippen molar-refractivity contribution < 1.29 is 14.3 Å². The van der Waals surface area contributed by atoms with E-state index in [2.05, 4.69) is 6.92 Å². The van der Waals surface area contributed by atoms with Crippen LogP contribution in [0.25, 0.3) is 0 Å². The molecule has 1 amide bonds. The van der Waals surface area contributed by atoms with Crippen molar-refractivity contribution in [1.82, 2.24) is 4.90 Å². The number of piperidine rings is 1. The Balaban J connectivity index is 1.96. The second-order valence-corrected chi connectivity index (χ2v) is 5.12. The molecule has 4 heteroatoms. The third-order valence-electron chi connectivity index (χ3n) is 3.57. The molecule has 0 atom stereocenters. The molecule has 0 aromatic heterocycles. The van der Waals surface area contributed by atoms with E-state index >= 15 is 0 Å². The highest BCUT2D eigenvalue weighted by atomic mass is 16.5. The summed E-state index contributed by atoms with van der Waals surface area (Å²) in [5.41, 5.74) is 0. The average Bonchev–Trinajstić information content (AvgIpc) is 2.46. The van der Waals surface area contributed by atoms with Gasteiger partial charge in [-0.15, -0.1) is 0 Å². The molecule has 0 aromatic carbocycles. The van der Waals surface area contributed by atoms with Gasteiger partial charge in [0, 0.05) is 26.1 Å². The second-order valence-electron chi connectivity index (χ2n) is 5.12. The molecule has 0 aromatic rings. The van der Waals surface area contributed by atoms with Gasteiger partial charge < -0.3 is 14.4 Å². The third kappa shape index (κ3) is 6.92. The smallest absolute Gasteiger partial charge is 0.222 e. The summed E-state index contributed by atoms with van der Waals surface area (Å²) in [6, 6.07) is 0. The van der Waals surface area contributed by atoms with Crippen LogP contribution in [0.2, 0.25) is 0 Å². The predicted octanol–water partition coefficient (Wildman–Crippen LogP) is 2.61. The largest absolute Gasteiger partial charge is 0.379 e. The predicted molar refractivity (Wildman–Crippen MR) is 76.2 cm³/mol. The van der Waals surface area contributed by atoms with Crippen LogP contribution in [-0.2, 0) is 14.3 Å². The molecule has 4 nitrogen and oxygen atoms in total. The minimum atomic E-state index is 0.262. The number of rotatable bonds is 9. The SMILES string of the molecule is CCCCCOCCOC1CCN(C(=O)CC)CC1. The first kappa shape index (κ1) is 16.4. The van der Waals surface area contributed by atoms with Crippen molar-refractivity contribution in [3.8, 4) is 0 Å². The lowest BCUT2D eigenvalue weighted by atomic mass is 10.1. The number of carbonyl (C=O) groups excluding carboxylic acids is 1. The molecule has 1 aliphatic heterocycles. The van der Waals surface area contributed by atoms with Crippen molar-refractivity contribution >= 4 is 5.91 Å². The maximum atomic E-state index is 11.5. The van der Waals surface area contributed by atoms with Crippen LogP contribution in [0.4, 0.5) is 0 Å². The van der Waals surface area contributed by atoms with Crippen LogP contribution < -0.4 is 0 Å². The molecule has 112 valence electrons. The van der Waals surface area contributed by atoms with Gasteiger partial charge in [0.25, 0.3) is 0 Å². The first-order chi connectivity index (χ1) is 9.27. The summed E-state index contributed by atoms with van der Waals surface area (Å²) < 4.78 is 11.3. The van der Waals surface area contributed by atoms with Crippen molar-refractivity contribution in [3.63, 3.8) is 0 Å². The molecule has 1 heterocycles. The molecule has 1 aliphatic rings. The van der Waals surface area contributed by atoms with Gasteiger partial charge in [0.05, 0.1) is 19.3 Å². The quantitative estimate of drug-likeness (QED) is 0.605. The number of unbranched alkanes of at least 4 members (excludes halogenated alkanes) is 2. The molecule has 19 heavy (non-hydrogen) atoms. The van der Waals surface area contributed by atoms with Crippen LogP contribution in [0.3, 0.4) is 0 Å². The van der Waals surface area contributed by atoms with Crippen LogP contribution in [0, 0.1) is 0 Å². The average molecular weight is 271 g/mol. The molecule has 0 radical (unpaired) electrons. The van der Waals surface area contributed by atoms with Gasteiger partial charge >= 0.3 is 0 Å². The van der Waals surface area contributed by atoms with E-state index in [1.807, 2.05) is 11.8 Å². The zero-order valence-corrected chi connectivity index (χ0v) is 12.5. The van der Waals surface area contributed by atoms with E-state index in [-0.39, 0.29) is 5.91 Å². The summed E-state index contributed by atoms with van der Waals surface area (Å²) in [6.07, 6.45) is 6.45. The zero-order chi connectivity index (χ0) is 13.9. The van der Waals surface area contributed by atoms with E-state index in [4.69, 9.17) is 9.47 Å². The van der Waals surface area contributed by atoms with E-state index in [0.717, 1.165) is 39.0 Å². The lowest BCUT2D eigenvalue weighted by Crippen LogP contribution is -2.40. The van der Waals surface area contributed by atoms with Crippen LogP contribution >= 0.6 is 0 Å². The highest BCUT2D eigenvalue weighted by molar-refractivity contribution is 5.75. The number of likely N-dealkylation sites (tertiary alicyclic amines) is 1. The monoisotopic (exact) mass is 271 g/mol. The number of ether oxygens (including phenoxy) is 2. The molecule has 0 aliphatic carbocycles. The molecule has 0 spiro atoms. The fraction of sp³-hybridized carbons (Fsp3) is 0.933. The number of amides is 1. The Labute approximate surface area is 117 Å². The van der Waals surface area contributed by atoms with E-state index in [9.17, 15) is 4.79 Å². The van der Waals surface area contributed by atoms with Crippen molar-refractivity contribution in [2.75, 3.05) is 32.9 Å². The van der Waals surface area contributed by atoms with E-state index < -0.39 is 0 Å². The normalized spacial score (nSPS) is 16.8. The lowest BCUT2D eigenvalue weighted by molar-refractivity contribution is -0.133. The Hall–Kier alpha value is -0.610. The molecule has 1 saturated heterocycles. The Morgan fingerprint density at radius 2 is 1.84 bits per heavy atom. The Kier molecular flexibility index (Phi) is 8.84. The summed E-state index contributed by atoms with van der Waals surface area (Å²) in [5.74, 6) is 0.262. The van der Waals surface area contributed by atoms with E-state index in [0.29, 0.717) is 25.7 Å². The van der Waals surface area contributed by atoms with Crippen molar-refractivity contribution in [1.29, 1.82) is 0 Å². The van der Waals surface area contributed by atoms with Crippen molar-refractivity contribution in [2.45, 2.75) is 58.5 Å². The molecule has 0 saturated carbocycles. The zero-order valence-electron chi connectivity index (χ0n) is 12.5. The summed E-state index contributed by atoms with van der Waals surface area (Å²) in [6.45, 7) is 8.01. The van der Waals surface area contributed by atoms with E-state index in [1.165, 1.54) is 12.8 Å². The van der Waals surface area contributed by atoms with Gasteiger partial charge in [0.2, 0.25) is 5.91 Å². The lowest BCUT2D eigenvalue weighted by Gasteiger charge is -2.31. The fourth-order valence-electron chi connectivity index (χ4n) is 2.33. The Morgan fingerprint density at radius 1 is 1.11 bits per heavy atom. The topological polar surface area (TPSA) is 38.8 Å². The first-order valence-corrected chi connectivity index (χ1v) is 7.75. The Morgan fingerprint density at radius 3 is 2.47 bits per heavy atom. The molecule has 1 fully saturated rings. The highest BCUT2D eigenvalue weighted by Crippen LogP contribution is 2.14. The minimum Gasteiger partial charge on any atom is -0.379 e. The molecule has 1 rings (SSSR count). The van der Waals surface area contributed by atoms with Gasteiger partial charge in [-0.1, -0.05) is 26.7 Å². The number of hydrogen-bond donors (Lipinski definition) is 0. The molecule has 0 bridgehead atoms. The first-order valence-electron chi connectivity index (χ1n) is 7.75. The Bertz CT molecular complexity index is 238. The van der Waals surface area contributed by atoms with Gasteiger partial charge in [-0.25, -0.2) is 0 Å². The molecule has 0 unspecified atom stereocenters. The number of nitrogens with zero attached hydrogens (tertiary/aromatic N) is 1. The minimum absolute atomic E-state index is 0.262. The molecular weight excluding hydrogens is 242 g/mol. The van der Waals surface area contributed by atoms with Gasteiger partial charge in [0.15, 0.2) is 0 Å². The van der Waals surface area contributed by atoms with Crippen LogP contribution in [0.1, 0.15) is 52.4 Å². The summed E-state index contributed by atoms with van der Waals surface area (Å²) in [4.78, 5) is 13.5. The van der Waals surface area contributed by atoms with Crippen LogP contribution in [0.15, 0.2) is 0 Å². The standard InChI is InChI=1S/C15H29NO3/c1-3-5-6-11-18-12-13-19-14-7-9-16(10-8-14)15(17)4-2/h14H,3-13H2,1-2H3. The van der Waals surface area contributed by atoms with Gasteiger partial charge in [0.1, 0.15) is 0 Å². The number of hydrogen-bond acceptors (Lipinski definition) is 3. The summed E-state index contributed by atoms with van der Waals surface area (Å²) in [7, 11) is 0. The fourth-order valence-corrected chi connectivity index (χ4v) is 2.33. The molecule has 0 N–H and O–H groups in total. The highest BCUT2D eigenvalue weighted by Gasteiger charge is 2.21. The summed E-state index contributed by atoms with van der Waals surface area (Å²) in [5, 5.41) is 0. The molecular formula is C15H29NO3. The summed E-state index contributed by atoms with van der Waals surface area (Å²) >= 11 is 0. The van der Waals surface area contributed by atoms with Gasteiger partial charge in [-0.3, -0.25) is 4.79 Å². The maximum Gasteiger partial charge on any atom is 0.222 e. The van der Waals surface area contributed by atoms with E-state index in [1.54, 1.807) is 0 Å². The van der Waals surface area contributed by atoms with Gasteiger partial charge in [-0.2, -0.15) is 0 Å². The van der Waals surface area contributed by atoms with Crippen LogP contribution in [0.5, 0.6) is 0 Å². The van der Waals surface area contributed by atoms with Crippen LogP contribution in [-0.4, -0.2) is 49.8 Å². The maximum absolute atomic E-state index is 11.5. The van der Waals surface area contributed by atoms with Crippen molar-refractivity contribution in [2.24, 2.45) is 0 Å². The van der Waals surface area contributed by atoms with Crippen molar-refractivity contribution in [3.05, 3.63) is 0 Å². The van der Waals surface area contributed by atoms with Gasteiger partial charge in [-0.05, 0) is 19.3 Å². The third-order valence-corrected chi connectivity index (χ3v) is 3.57. The second kappa shape index (κ2) is 10.2.